The summed E-state index contributed by atoms with van der Waals surface area (Å²) in [5.74, 6) is 0. The standard InChI is InChI=1S/C9H11N3O6/c13-8(4-11(15)16)6-2-1-3-7(10-6)9(14)5-12(17)18/h1-3,8-9,13-14H,4-5H2. The first kappa shape index (κ1) is 13.9. The van der Waals surface area contributed by atoms with Crippen molar-refractivity contribution in [3.63, 3.8) is 0 Å². The molecule has 2 atom stereocenters. The minimum atomic E-state index is -1.41. The van der Waals surface area contributed by atoms with Gasteiger partial charge >= 0.3 is 0 Å². The molecule has 0 radical (unpaired) electrons. The van der Waals surface area contributed by atoms with Crippen molar-refractivity contribution in [2.75, 3.05) is 13.1 Å². The van der Waals surface area contributed by atoms with E-state index in [9.17, 15) is 30.4 Å². The van der Waals surface area contributed by atoms with Gasteiger partial charge in [0.2, 0.25) is 13.1 Å². The lowest BCUT2D eigenvalue weighted by molar-refractivity contribution is -0.492. The fourth-order valence-electron chi connectivity index (χ4n) is 1.31. The van der Waals surface area contributed by atoms with Crippen molar-refractivity contribution in [3.05, 3.63) is 49.8 Å². The number of hydrogen-bond donors (Lipinski definition) is 2. The fourth-order valence-corrected chi connectivity index (χ4v) is 1.31. The van der Waals surface area contributed by atoms with Gasteiger partial charge in [0, 0.05) is 9.85 Å². The number of rotatable bonds is 6. The topological polar surface area (TPSA) is 140 Å². The van der Waals surface area contributed by atoms with E-state index in [4.69, 9.17) is 0 Å². The fraction of sp³-hybridized carbons (Fsp3) is 0.444. The number of hydrogen-bond acceptors (Lipinski definition) is 7. The average molecular weight is 257 g/mol. The zero-order chi connectivity index (χ0) is 13.7. The Morgan fingerprint density at radius 1 is 1.06 bits per heavy atom. The van der Waals surface area contributed by atoms with Gasteiger partial charge in [-0.15, -0.1) is 0 Å². The van der Waals surface area contributed by atoms with Gasteiger partial charge in [0.15, 0.2) is 12.2 Å². The summed E-state index contributed by atoms with van der Waals surface area (Å²) >= 11 is 0. The molecule has 1 heterocycles. The summed E-state index contributed by atoms with van der Waals surface area (Å²) in [5, 5.41) is 39.4. The maximum absolute atomic E-state index is 10.2. The highest BCUT2D eigenvalue weighted by molar-refractivity contribution is 5.15. The SMILES string of the molecule is O=[N+]([O-])CC(O)c1cccc(C(O)C[N+](=O)[O-])n1. The van der Waals surface area contributed by atoms with Crippen molar-refractivity contribution < 1.29 is 20.1 Å². The Kier molecular flexibility index (Phi) is 4.63. The van der Waals surface area contributed by atoms with Crippen LogP contribution in [0.3, 0.4) is 0 Å². The molecule has 0 aliphatic rings. The summed E-state index contributed by atoms with van der Waals surface area (Å²) in [7, 11) is 0. The van der Waals surface area contributed by atoms with E-state index in [0.717, 1.165) is 0 Å². The van der Waals surface area contributed by atoms with Crippen LogP contribution in [0.2, 0.25) is 0 Å². The van der Waals surface area contributed by atoms with E-state index in [1.807, 2.05) is 0 Å². The molecule has 0 saturated carbocycles. The Morgan fingerprint density at radius 3 is 1.78 bits per heavy atom. The Morgan fingerprint density at radius 2 is 1.44 bits per heavy atom. The summed E-state index contributed by atoms with van der Waals surface area (Å²) < 4.78 is 0. The zero-order valence-electron chi connectivity index (χ0n) is 9.17. The third-order valence-electron chi connectivity index (χ3n) is 2.12. The first-order valence-electron chi connectivity index (χ1n) is 4.96. The van der Waals surface area contributed by atoms with Crippen LogP contribution in [-0.2, 0) is 0 Å². The second kappa shape index (κ2) is 5.98. The van der Waals surface area contributed by atoms with Gasteiger partial charge in [-0.25, -0.2) is 0 Å². The van der Waals surface area contributed by atoms with E-state index in [0.29, 0.717) is 0 Å². The molecular weight excluding hydrogens is 246 g/mol. The second-order valence-corrected chi connectivity index (χ2v) is 3.55. The molecule has 1 rings (SSSR count). The lowest BCUT2D eigenvalue weighted by Crippen LogP contribution is -2.16. The molecule has 18 heavy (non-hydrogen) atoms. The predicted molar refractivity (Wildman–Crippen MR) is 57.9 cm³/mol. The third kappa shape index (κ3) is 4.03. The maximum Gasteiger partial charge on any atom is 0.235 e. The zero-order valence-corrected chi connectivity index (χ0v) is 9.17. The minimum Gasteiger partial charge on any atom is -0.380 e. The van der Waals surface area contributed by atoms with Crippen LogP contribution in [0.1, 0.15) is 23.6 Å². The van der Waals surface area contributed by atoms with Crippen molar-refractivity contribution in [2.24, 2.45) is 0 Å². The van der Waals surface area contributed by atoms with Crippen molar-refractivity contribution in [2.45, 2.75) is 12.2 Å². The number of nitrogens with zero attached hydrogens (tertiary/aromatic N) is 3. The highest BCUT2D eigenvalue weighted by Crippen LogP contribution is 2.15. The van der Waals surface area contributed by atoms with Gasteiger partial charge in [-0.1, -0.05) is 6.07 Å². The van der Waals surface area contributed by atoms with Crippen LogP contribution in [0, 0.1) is 20.2 Å². The average Bonchev–Trinajstić information content (AvgIpc) is 2.27. The smallest absolute Gasteiger partial charge is 0.235 e. The normalized spacial score (nSPS) is 13.9. The first-order chi connectivity index (χ1) is 8.40. The third-order valence-corrected chi connectivity index (χ3v) is 2.12. The molecule has 9 nitrogen and oxygen atoms in total. The summed E-state index contributed by atoms with van der Waals surface area (Å²) in [4.78, 5) is 22.8. The van der Waals surface area contributed by atoms with Gasteiger partial charge in [0.25, 0.3) is 0 Å². The molecular formula is C9H11N3O6. The van der Waals surface area contributed by atoms with Gasteiger partial charge in [0.1, 0.15) is 0 Å². The van der Waals surface area contributed by atoms with Crippen LogP contribution < -0.4 is 0 Å². The molecule has 0 spiro atoms. The molecule has 1 aromatic rings. The maximum atomic E-state index is 10.2. The minimum absolute atomic E-state index is 0.00778. The molecule has 9 heteroatoms. The van der Waals surface area contributed by atoms with Crippen LogP contribution in [0.4, 0.5) is 0 Å². The highest BCUT2D eigenvalue weighted by atomic mass is 16.6. The van der Waals surface area contributed by atoms with E-state index in [1.54, 1.807) is 0 Å². The summed E-state index contributed by atoms with van der Waals surface area (Å²) in [6, 6.07) is 4.09. The molecule has 0 saturated heterocycles. The monoisotopic (exact) mass is 257 g/mol. The van der Waals surface area contributed by atoms with Crippen LogP contribution in [-0.4, -0.2) is 38.1 Å². The van der Waals surface area contributed by atoms with E-state index in [-0.39, 0.29) is 11.4 Å². The van der Waals surface area contributed by atoms with Gasteiger partial charge in [-0.3, -0.25) is 25.2 Å². The molecule has 0 aliphatic carbocycles. The van der Waals surface area contributed by atoms with Crippen LogP contribution in [0.15, 0.2) is 18.2 Å². The van der Waals surface area contributed by atoms with Crippen LogP contribution in [0.25, 0.3) is 0 Å². The Balaban J connectivity index is 2.84. The highest BCUT2D eigenvalue weighted by Gasteiger charge is 2.20. The molecule has 1 aromatic heterocycles. The molecule has 2 unspecified atom stereocenters. The van der Waals surface area contributed by atoms with Gasteiger partial charge in [-0.2, -0.15) is 0 Å². The van der Waals surface area contributed by atoms with Crippen LogP contribution >= 0.6 is 0 Å². The largest absolute Gasteiger partial charge is 0.380 e. The van der Waals surface area contributed by atoms with Gasteiger partial charge in [-0.05, 0) is 12.1 Å². The number of nitro groups is 2. The van der Waals surface area contributed by atoms with E-state index in [1.165, 1.54) is 18.2 Å². The van der Waals surface area contributed by atoms with Crippen molar-refractivity contribution in [1.29, 1.82) is 0 Å². The van der Waals surface area contributed by atoms with Crippen molar-refractivity contribution in [1.82, 2.24) is 4.98 Å². The number of pyridine rings is 1. The van der Waals surface area contributed by atoms with E-state index >= 15 is 0 Å². The van der Waals surface area contributed by atoms with E-state index in [2.05, 4.69) is 4.98 Å². The van der Waals surface area contributed by atoms with Crippen molar-refractivity contribution >= 4 is 0 Å². The molecule has 0 aromatic carbocycles. The molecule has 0 fully saturated rings. The van der Waals surface area contributed by atoms with Gasteiger partial charge < -0.3 is 10.2 Å². The molecule has 0 amide bonds. The van der Waals surface area contributed by atoms with Crippen molar-refractivity contribution in [3.8, 4) is 0 Å². The molecule has 2 N–H and O–H groups in total. The number of aliphatic hydroxyl groups is 2. The molecule has 0 aliphatic heterocycles. The Hall–Kier alpha value is -2.13. The molecule has 0 bridgehead atoms. The quantitative estimate of drug-likeness (QED) is 0.526. The van der Waals surface area contributed by atoms with Gasteiger partial charge in [0.05, 0.1) is 11.4 Å². The summed E-state index contributed by atoms with van der Waals surface area (Å²) in [6.45, 7) is -1.44. The predicted octanol–water partition coefficient (Wildman–Crippen LogP) is -0.298. The molecule has 98 valence electrons. The summed E-state index contributed by atoms with van der Waals surface area (Å²) in [6.07, 6.45) is -2.83. The van der Waals surface area contributed by atoms with E-state index < -0.39 is 35.1 Å². The van der Waals surface area contributed by atoms with Crippen LogP contribution in [0.5, 0.6) is 0 Å². The lowest BCUT2D eigenvalue weighted by atomic mass is 10.1. The number of aliphatic hydroxyl groups excluding tert-OH is 2. The Labute approximate surface area is 101 Å². The number of aromatic nitrogens is 1. The summed E-state index contributed by atoms with van der Waals surface area (Å²) in [5.41, 5.74) is -0.0156. The first-order valence-corrected chi connectivity index (χ1v) is 4.96. The lowest BCUT2D eigenvalue weighted by Gasteiger charge is -2.09. The Bertz CT molecular complexity index is 414. The second-order valence-electron chi connectivity index (χ2n) is 3.55.